The van der Waals surface area contributed by atoms with E-state index >= 15 is 0 Å². The van der Waals surface area contributed by atoms with Crippen molar-refractivity contribution < 1.29 is 13.5 Å². The topological polar surface area (TPSA) is 9.23 Å². The van der Waals surface area contributed by atoms with E-state index in [2.05, 4.69) is 55.5 Å². The van der Waals surface area contributed by atoms with E-state index in [9.17, 15) is 8.78 Å². The van der Waals surface area contributed by atoms with Crippen LogP contribution in [-0.2, 0) is 12.8 Å². The van der Waals surface area contributed by atoms with E-state index < -0.39 is 11.6 Å². The molecule has 1 saturated carbocycles. The second kappa shape index (κ2) is 11.6. The summed E-state index contributed by atoms with van der Waals surface area (Å²) in [6, 6.07) is 20.6. The second-order valence-corrected chi connectivity index (χ2v) is 9.62. The van der Waals surface area contributed by atoms with Crippen molar-refractivity contribution in [2.24, 2.45) is 5.92 Å². The third-order valence-corrected chi connectivity index (χ3v) is 7.29. The number of aryl methyl sites for hydroxylation is 2. The number of hydrogen-bond acceptors (Lipinski definition) is 1. The van der Waals surface area contributed by atoms with Crippen LogP contribution < -0.4 is 4.74 Å². The first-order valence-electron chi connectivity index (χ1n) is 12.9. The molecule has 0 saturated heterocycles. The molecule has 0 heterocycles. The van der Waals surface area contributed by atoms with E-state index in [-0.39, 0.29) is 5.75 Å². The summed E-state index contributed by atoms with van der Waals surface area (Å²) in [5, 5.41) is 0. The van der Waals surface area contributed by atoms with Crippen LogP contribution in [0, 0.1) is 17.6 Å². The molecule has 4 rings (SSSR count). The molecule has 0 aliphatic heterocycles. The van der Waals surface area contributed by atoms with Crippen LogP contribution in [0.2, 0.25) is 0 Å². The van der Waals surface area contributed by atoms with Crippen LogP contribution >= 0.6 is 0 Å². The number of benzene rings is 3. The Kier molecular flexibility index (Phi) is 8.37. The van der Waals surface area contributed by atoms with Crippen molar-refractivity contribution in [3.8, 4) is 16.9 Å². The lowest BCUT2D eigenvalue weighted by Crippen LogP contribution is -2.02. The lowest BCUT2D eigenvalue weighted by molar-refractivity contribution is 0.313. The Morgan fingerprint density at radius 3 is 2.18 bits per heavy atom. The van der Waals surface area contributed by atoms with E-state index in [0.29, 0.717) is 30.9 Å². The normalized spacial score (nSPS) is 17.8. The van der Waals surface area contributed by atoms with Crippen LogP contribution in [0.5, 0.6) is 5.75 Å². The molecule has 0 aromatic heterocycles. The van der Waals surface area contributed by atoms with Gasteiger partial charge in [-0.1, -0.05) is 80.8 Å². The molecule has 180 valence electrons. The lowest BCUT2D eigenvalue weighted by Gasteiger charge is -2.13. The maximum Gasteiger partial charge on any atom is 0.200 e. The summed E-state index contributed by atoms with van der Waals surface area (Å²) in [5.41, 5.74) is 5.36. The molecule has 3 aromatic carbocycles. The summed E-state index contributed by atoms with van der Waals surface area (Å²) in [4.78, 5) is 0. The fourth-order valence-corrected chi connectivity index (χ4v) is 5.26. The summed E-state index contributed by atoms with van der Waals surface area (Å²) >= 11 is 0. The predicted molar refractivity (Wildman–Crippen MR) is 136 cm³/mol. The van der Waals surface area contributed by atoms with Crippen molar-refractivity contribution in [3.05, 3.63) is 89.0 Å². The molecule has 1 aliphatic carbocycles. The maximum absolute atomic E-state index is 14.3. The summed E-state index contributed by atoms with van der Waals surface area (Å²) in [6.45, 7) is 4.34. The summed E-state index contributed by atoms with van der Waals surface area (Å²) < 4.78 is 33.6. The molecular weight excluding hydrogens is 426 g/mol. The number of halogens is 2. The third-order valence-electron chi connectivity index (χ3n) is 7.29. The van der Waals surface area contributed by atoms with Gasteiger partial charge in [-0.3, -0.25) is 0 Å². The van der Waals surface area contributed by atoms with Gasteiger partial charge in [-0.15, -0.1) is 0 Å². The van der Waals surface area contributed by atoms with Crippen molar-refractivity contribution in [1.82, 2.24) is 0 Å². The molecule has 1 nitrogen and oxygen atoms in total. The third kappa shape index (κ3) is 5.87. The molecule has 2 atom stereocenters. The highest BCUT2D eigenvalue weighted by Gasteiger charge is 2.25. The van der Waals surface area contributed by atoms with Crippen molar-refractivity contribution in [3.63, 3.8) is 0 Å². The minimum absolute atomic E-state index is 0.0247. The van der Waals surface area contributed by atoms with E-state index in [1.807, 2.05) is 0 Å². The van der Waals surface area contributed by atoms with Gasteiger partial charge in [-0.2, -0.15) is 4.39 Å². The van der Waals surface area contributed by atoms with Gasteiger partial charge in [0.25, 0.3) is 0 Å². The first kappa shape index (κ1) is 24.4. The van der Waals surface area contributed by atoms with Crippen molar-refractivity contribution in [2.45, 2.75) is 71.1 Å². The second-order valence-electron chi connectivity index (χ2n) is 9.62. The first-order valence-corrected chi connectivity index (χ1v) is 12.9. The Bertz CT molecular complexity index is 1060. The van der Waals surface area contributed by atoms with Gasteiger partial charge in [0.2, 0.25) is 5.82 Å². The Hall–Kier alpha value is -2.68. The zero-order valence-electron chi connectivity index (χ0n) is 20.5. The summed E-state index contributed by atoms with van der Waals surface area (Å²) in [6.07, 6.45) is 9.19. The zero-order valence-corrected chi connectivity index (χ0v) is 20.5. The van der Waals surface area contributed by atoms with Gasteiger partial charge >= 0.3 is 0 Å². The van der Waals surface area contributed by atoms with Gasteiger partial charge in [0.05, 0.1) is 6.61 Å². The summed E-state index contributed by atoms with van der Waals surface area (Å²) in [7, 11) is 0. The number of unbranched alkanes of at least 4 members (excludes halogenated alkanes) is 1. The number of rotatable bonds is 10. The molecule has 0 bridgehead atoms. The lowest BCUT2D eigenvalue weighted by atomic mass is 9.92. The Labute approximate surface area is 203 Å². The monoisotopic (exact) mass is 462 g/mol. The average Bonchev–Trinajstić information content (AvgIpc) is 3.35. The van der Waals surface area contributed by atoms with E-state index in [0.717, 1.165) is 11.5 Å². The highest BCUT2D eigenvalue weighted by atomic mass is 19.2. The SMILES string of the molecule is CCCCC1CCC(c2ccc(-c3ccc(CCc4ccc(OCC)c(F)c4F)cc3)cc2)C1. The molecule has 34 heavy (non-hydrogen) atoms. The van der Waals surface area contributed by atoms with Gasteiger partial charge < -0.3 is 4.74 Å². The van der Waals surface area contributed by atoms with E-state index in [4.69, 9.17) is 4.74 Å². The average molecular weight is 463 g/mol. The fourth-order valence-electron chi connectivity index (χ4n) is 5.26. The van der Waals surface area contributed by atoms with Gasteiger partial charge in [0, 0.05) is 0 Å². The smallest absolute Gasteiger partial charge is 0.200 e. The molecule has 0 radical (unpaired) electrons. The number of hydrogen-bond donors (Lipinski definition) is 0. The Balaban J connectivity index is 1.34. The summed E-state index contributed by atoms with van der Waals surface area (Å²) in [5.74, 6) is -0.104. The van der Waals surface area contributed by atoms with Crippen molar-refractivity contribution in [1.29, 1.82) is 0 Å². The maximum atomic E-state index is 14.3. The first-order chi connectivity index (χ1) is 16.6. The van der Waals surface area contributed by atoms with Gasteiger partial charge in [0.15, 0.2) is 11.6 Å². The largest absolute Gasteiger partial charge is 0.491 e. The molecule has 0 spiro atoms. The van der Waals surface area contributed by atoms with Crippen LogP contribution in [0.15, 0.2) is 60.7 Å². The minimum atomic E-state index is -0.896. The quantitative estimate of drug-likeness (QED) is 0.292. The molecule has 0 amide bonds. The minimum Gasteiger partial charge on any atom is -0.491 e. The molecule has 3 aromatic rings. The zero-order chi connectivity index (χ0) is 23.9. The number of ether oxygens (including phenoxy) is 1. The van der Waals surface area contributed by atoms with E-state index in [1.165, 1.54) is 61.3 Å². The van der Waals surface area contributed by atoms with Gasteiger partial charge in [-0.25, -0.2) is 4.39 Å². The molecular formula is C31H36F2O. The highest BCUT2D eigenvalue weighted by Crippen LogP contribution is 2.40. The molecule has 3 heteroatoms. The van der Waals surface area contributed by atoms with Crippen molar-refractivity contribution >= 4 is 0 Å². The van der Waals surface area contributed by atoms with Gasteiger partial charge in [0.1, 0.15) is 0 Å². The van der Waals surface area contributed by atoms with Crippen molar-refractivity contribution in [2.75, 3.05) is 6.61 Å². The van der Waals surface area contributed by atoms with Crippen LogP contribution in [0.1, 0.15) is 75.0 Å². The van der Waals surface area contributed by atoms with Gasteiger partial charge in [-0.05, 0) is 84.7 Å². The van der Waals surface area contributed by atoms with Crippen LogP contribution in [0.25, 0.3) is 11.1 Å². The standard InChI is InChI=1S/C31H36F2O/c1-3-5-6-23-10-14-28(21-23)26-17-15-25(16-18-26)24-11-7-22(8-12-24)9-13-27-19-20-29(34-4-2)31(33)30(27)32/h7-8,11-12,15-20,23,28H,3-6,9-10,13-14,21H2,1-2H3. The van der Waals surface area contributed by atoms with Crippen LogP contribution in [0.3, 0.4) is 0 Å². The Morgan fingerprint density at radius 1 is 0.794 bits per heavy atom. The highest BCUT2D eigenvalue weighted by molar-refractivity contribution is 5.64. The van der Waals surface area contributed by atoms with Crippen LogP contribution in [-0.4, -0.2) is 6.61 Å². The Morgan fingerprint density at radius 2 is 1.50 bits per heavy atom. The van der Waals surface area contributed by atoms with Crippen LogP contribution in [0.4, 0.5) is 8.78 Å². The molecule has 2 unspecified atom stereocenters. The molecule has 1 fully saturated rings. The predicted octanol–water partition coefficient (Wildman–Crippen LogP) is 8.89. The van der Waals surface area contributed by atoms with E-state index in [1.54, 1.807) is 13.0 Å². The molecule has 0 N–H and O–H groups in total. The fraction of sp³-hybridized carbons (Fsp3) is 0.419. The molecule has 1 aliphatic rings.